The van der Waals surface area contributed by atoms with Crippen LogP contribution in [0.2, 0.25) is 0 Å². The fourth-order valence-electron chi connectivity index (χ4n) is 3.50. The molecule has 0 saturated carbocycles. The van der Waals surface area contributed by atoms with E-state index in [2.05, 4.69) is 10.4 Å². The van der Waals surface area contributed by atoms with Gasteiger partial charge in [0.2, 0.25) is 0 Å². The number of rotatable bonds is 7. The van der Waals surface area contributed by atoms with Gasteiger partial charge < -0.3 is 5.32 Å². The molecule has 3 heterocycles. The molecule has 7 nitrogen and oxygen atoms in total. The SMILES string of the molecule is Cc1nn(Cc2ccccc2)c(C)c1C(=O)NCCN1C(=O)S/C(=C/c2cccs2)C1=O. The van der Waals surface area contributed by atoms with Gasteiger partial charge in [-0.2, -0.15) is 5.10 Å². The molecule has 0 spiro atoms. The number of hydrogen-bond acceptors (Lipinski definition) is 6. The Kier molecular flexibility index (Phi) is 6.57. The molecule has 0 unspecified atom stereocenters. The number of carbonyl (C=O) groups excluding carboxylic acids is 3. The molecule has 3 aromatic rings. The molecule has 1 aromatic carbocycles. The Morgan fingerprint density at radius 2 is 1.91 bits per heavy atom. The van der Waals surface area contributed by atoms with Crippen molar-refractivity contribution in [1.82, 2.24) is 20.0 Å². The van der Waals surface area contributed by atoms with Crippen molar-refractivity contribution < 1.29 is 14.4 Å². The number of aromatic nitrogens is 2. The number of nitrogens with zero attached hydrogens (tertiary/aromatic N) is 3. The van der Waals surface area contributed by atoms with Crippen molar-refractivity contribution in [3.63, 3.8) is 0 Å². The van der Waals surface area contributed by atoms with Crippen LogP contribution in [0.5, 0.6) is 0 Å². The molecule has 2 aromatic heterocycles. The molecule has 3 amide bonds. The van der Waals surface area contributed by atoms with Gasteiger partial charge in [-0.05, 0) is 48.7 Å². The van der Waals surface area contributed by atoms with Crippen molar-refractivity contribution in [2.75, 3.05) is 13.1 Å². The second-order valence-corrected chi connectivity index (χ2v) is 9.27. The second-order valence-electron chi connectivity index (χ2n) is 7.29. The van der Waals surface area contributed by atoms with Crippen molar-refractivity contribution in [3.05, 3.63) is 80.1 Å². The molecule has 1 fully saturated rings. The van der Waals surface area contributed by atoms with Crippen molar-refractivity contribution in [1.29, 1.82) is 0 Å². The van der Waals surface area contributed by atoms with Crippen LogP contribution < -0.4 is 5.32 Å². The molecule has 0 bridgehead atoms. The summed E-state index contributed by atoms with van der Waals surface area (Å²) in [7, 11) is 0. The summed E-state index contributed by atoms with van der Waals surface area (Å²) < 4.78 is 1.81. The summed E-state index contributed by atoms with van der Waals surface area (Å²) >= 11 is 2.43. The number of nitrogens with one attached hydrogen (secondary N) is 1. The van der Waals surface area contributed by atoms with E-state index in [1.807, 2.05) is 59.5 Å². The van der Waals surface area contributed by atoms with Gasteiger partial charge in [0.1, 0.15) is 0 Å². The molecule has 32 heavy (non-hydrogen) atoms. The van der Waals surface area contributed by atoms with Gasteiger partial charge in [0, 0.05) is 23.7 Å². The minimum atomic E-state index is -0.328. The van der Waals surface area contributed by atoms with Gasteiger partial charge in [0.15, 0.2) is 0 Å². The highest BCUT2D eigenvalue weighted by molar-refractivity contribution is 8.18. The molecular weight excluding hydrogens is 444 g/mol. The van der Waals surface area contributed by atoms with Crippen molar-refractivity contribution in [2.24, 2.45) is 0 Å². The normalized spacial score (nSPS) is 15.1. The standard InChI is InChI=1S/C23H22N4O3S2/c1-15-20(16(2)27(25-15)14-17-7-4-3-5-8-17)21(28)24-10-11-26-22(29)19(32-23(26)30)13-18-9-6-12-31-18/h3-9,12-13H,10-11,14H2,1-2H3,(H,24,28)/b19-13+. The molecule has 1 aliphatic rings. The van der Waals surface area contributed by atoms with E-state index in [1.165, 1.54) is 16.2 Å². The van der Waals surface area contributed by atoms with Crippen LogP contribution in [0, 0.1) is 13.8 Å². The smallest absolute Gasteiger partial charge is 0.293 e. The maximum atomic E-state index is 12.8. The largest absolute Gasteiger partial charge is 0.350 e. The van der Waals surface area contributed by atoms with E-state index in [4.69, 9.17) is 0 Å². The predicted octanol–water partition coefficient (Wildman–Crippen LogP) is 4.08. The number of carbonyl (C=O) groups is 3. The number of imide groups is 1. The third-order valence-electron chi connectivity index (χ3n) is 5.09. The molecule has 1 aliphatic heterocycles. The Hall–Kier alpha value is -3.17. The van der Waals surface area contributed by atoms with E-state index in [1.54, 1.807) is 13.0 Å². The third-order valence-corrected chi connectivity index (χ3v) is 6.82. The first-order chi connectivity index (χ1) is 15.4. The van der Waals surface area contributed by atoms with Crippen LogP contribution >= 0.6 is 23.1 Å². The zero-order chi connectivity index (χ0) is 22.7. The lowest BCUT2D eigenvalue weighted by molar-refractivity contribution is -0.122. The number of benzene rings is 1. The average molecular weight is 467 g/mol. The van der Waals surface area contributed by atoms with Gasteiger partial charge >= 0.3 is 0 Å². The van der Waals surface area contributed by atoms with Gasteiger partial charge in [-0.25, -0.2) is 0 Å². The van der Waals surface area contributed by atoms with E-state index in [0.29, 0.717) is 22.7 Å². The van der Waals surface area contributed by atoms with Gasteiger partial charge in [0.25, 0.3) is 17.1 Å². The van der Waals surface area contributed by atoms with Crippen molar-refractivity contribution in [3.8, 4) is 0 Å². The summed E-state index contributed by atoms with van der Waals surface area (Å²) in [5, 5.41) is 8.92. The topological polar surface area (TPSA) is 84.3 Å². The molecule has 1 N–H and O–H groups in total. The summed E-state index contributed by atoms with van der Waals surface area (Å²) in [5.41, 5.74) is 3.03. The molecule has 4 rings (SSSR count). The maximum absolute atomic E-state index is 12.8. The Bertz CT molecular complexity index is 1180. The zero-order valence-corrected chi connectivity index (χ0v) is 19.3. The fourth-order valence-corrected chi connectivity index (χ4v) is 5.09. The van der Waals surface area contributed by atoms with E-state index in [-0.39, 0.29) is 30.1 Å². The molecule has 1 saturated heterocycles. The van der Waals surface area contributed by atoms with Crippen LogP contribution in [0.1, 0.15) is 32.2 Å². The number of thiophene rings is 1. The minimum Gasteiger partial charge on any atom is -0.350 e. The minimum absolute atomic E-state index is 0.119. The molecule has 164 valence electrons. The number of aryl methyl sites for hydroxylation is 1. The molecule has 0 radical (unpaired) electrons. The summed E-state index contributed by atoms with van der Waals surface area (Å²) in [6.45, 7) is 4.54. The number of amides is 3. The number of thioether (sulfide) groups is 1. The lowest BCUT2D eigenvalue weighted by atomic mass is 10.1. The Balaban J connectivity index is 1.37. The van der Waals surface area contributed by atoms with E-state index in [0.717, 1.165) is 27.9 Å². The molecule has 9 heteroatoms. The first kappa shape index (κ1) is 22.0. The molecule has 0 atom stereocenters. The Labute approximate surface area is 194 Å². The summed E-state index contributed by atoms with van der Waals surface area (Å²) in [4.78, 5) is 40.1. The Morgan fingerprint density at radius 1 is 1.12 bits per heavy atom. The van der Waals surface area contributed by atoms with Gasteiger partial charge in [0.05, 0.1) is 22.7 Å². The number of hydrogen-bond donors (Lipinski definition) is 1. The highest BCUT2D eigenvalue weighted by atomic mass is 32.2. The summed E-state index contributed by atoms with van der Waals surface area (Å²) in [6, 6.07) is 13.7. The summed E-state index contributed by atoms with van der Waals surface area (Å²) in [6.07, 6.45) is 1.72. The highest BCUT2D eigenvalue weighted by Crippen LogP contribution is 2.32. The highest BCUT2D eigenvalue weighted by Gasteiger charge is 2.34. The maximum Gasteiger partial charge on any atom is 0.293 e. The van der Waals surface area contributed by atoms with Gasteiger partial charge in [-0.1, -0.05) is 36.4 Å². The van der Waals surface area contributed by atoms with E-state index >= 15 is 0 Å². The third kappa shape index (κ3) is 4.68. The van der Waals surface area contributed by atoms with Crippen LogP contribution in [0.4, 0.5) is 4.79 Å². The molecular formula is C23H22N4O3S2. The average Bonchev–Trinajstić information content (AvgIpc) is 3.44. The summed E-state index contributed by atoms with van der Waals surface area (Å²) in [5.74, 6) is -0.592. The quantitative estimate of drug-likeness (QED) is 0.531. The van der Waals surface area contributed by atoms with Crippen LogP contribution in [0.15, 0.2) is 52.7 Å². The van der Waals surface area contributed by atoms with Gasteiger partial charge in [-0.3, -0.25) is 24.0 Å². The Morgan fingerprint density at radius 3 is 2.62 bits per heavy atom. The first-order valence-electron chi connectivity index (χ1n) is 10.1. The van der Waals surface area contributed by atoms with Crippen LogP contribution in [-0.4, -0.2) is 44.8 Å². The van der Waals surface area contributed by atoms with Crippen molar-refractivity contribution in [2.45, 2.75) is 20.4 Å². The predicted molar refractivity (Wildman–Crippen MR) is 127 cm³/mol. The van der Waals surface area contributed by atoms with Crippen LogP contribution in [0.25, 0.3) is 6.08 Å². The fraction of sp³-hybridized carbons (Fsp3) is 0.217. The van der Waals surface area contributed by atoms with Crippen LogP contribution in [0.3, 0.4) is 0 Å². The molecule has 0 aliphatic carbocycles. The van der Waals surface area contributed by atoms with E-state index in [9.17, 15) is 14.4 Å². The van der Waals surface area contributed by atoms with E-state index < -0.39 is 0 Å². The zero-order valence-electron chi connectivity index (χ0n) is 17.7. The second kappa shape index (κ2) is 9.54. The van der Waals surface area contributed by atoms with Crippen molar-refractivity contribution >= 4 is 46.2 Å². The monoisotopic (exact) mass is 466 g/mol. The first-order valence-corrected chi connectivity index (χ1v) is 11.8. The van der Waals surface area contributed by atoms with Gasteiger partial charge in [-0.15, -0.1) is 11.3 Å². The van der Waals surface area contributed by atoms with Crippen LogP contribution in [-0.2, 0) is 11.3 Å². The lowest BCUT2D eigenvalue weighted by Gasteiger charge is -2.13. The lowest BCUT2D eigenvalue weighted by Crippen LogP contribution is -2.37.